The molecule has 2 N–H and O–H groups in total. The molecule has 0 aliphatic carbocycles. The summed E-state index contributed by atoms with van der Waals surface area (Å²) in [6.45, 7) is 2.22. The van der Waals surface area contributed by atoms with Crippen molar-refractivity contribution in [3.63, 3.8) is 0 Å². The molecule has 0 atom stereocenters. The highest BCUT2D eigenvalue weighted by Gasteiger charge is 2.26. The SMILES string of the molecule is CCS(=O)(=O)N(CC(=O)Nc1ccccc1C(=O)NCCc1ccccc1)c1ccc2c(c1)OCCO2. The van der Waals surface area contributed by atoms with Gasteiger partial charge in [0.2, 0.25) is 15.9 Å². The maximum atomic E-state index is 13.0. The van der Waals surface area contributed by atoms with Crippen LogP contribution in [0.5, 0.6) is 11.5 Å². The first-order chi connectivity index (χ1) is 17.9. The molecule has 0 bridgehead atoms. The average Bonchev–Trinajstić information content (AvgIpc) is 2.92. The van der Waals surface area contributed by atoms with Crippen LogP contribution in [0, 0.1) is 0 Å². The van der Waals surface area contributed by atoms with Gasteiger partial charge in [-0.3, -0.25) is 13.9 Å². The number of rotatable bonds is 10. The highest BCUT2D eigenvalue weighted by atomic mass is 32.2. The molecule has 0 aromatic heterocycles. The van der Waals surface area contributed by atoms with Gasteiger partial charge in [0.1, 0.15) is 19.8 Å². The van der Waals surface area contributed by atoms with E-state index in [-0.39, 0.29) is 22.9 Å². The second-order valence-corrected chi connectivity index (χ2v) is 10.5. The third kappa shape index (κ3) is 6.59. The van der Waals surface area contributed by atoms with Gasteiger partial charge in [-0.1, -0.05) is 42.5 Å². The number of ether oxygens (including phenoxy) is 2. The first-order valence-electron chi connectivity index (χ1n) is 12.0. The van der Waals surface area contributed by atoms with Crippen molar-refractivity contribution in [2.75, 3.05) is 41.7 Å². The normalized spacial score (nSPS) is 12.5. The van der Waals surface area contributed by atoms with Crippen LogP contribution in [-0.4, -0.2) is 52.3 Å². The highest BCUT2D eigenvalue weighted by molar-refractivity contribution is 7.92. The van der Waals surface area contributed by atoms with Crippen molar-refractivity contribution >= 4 is 33.2 Å². The maximum Gasteiger partial charge on any atom is 0.253 e. The molecule has 194 valence electrons. The molecule has 0 unspecified atom stereocenters. The molecule has 1 heterocycles. The second kappa shape index (κ2) is 11.8. The molecule has 3 aromatic rings. The summed E-state index contributed by atoms with van der Waals surface area (Å²) >= 11 is 0. The summed E-state index contributed by atoms with van der Waals surface area (Å²) in [7, 11) is -3.80. The molecule has 1 aliphatic rings. The van der Waals surface area contributed by atoms with Crippen molar-refractivity contribution in [1.29, 1.82) is 0 Å². The Labute approximate surface area is 216 Å². The van der Waals surface area contributed by atoms with Gasteiger partial charge in [0.25, 0.3) is 5.91 Å². The van der Waals surface area contributed by atoms with Gasteiger partial charge in [-0.15, -0.1) is 0 Å². The molecule has 2 amide bonds. The molecule has 0 saturated heterocycles. The summed E-state index contributed by atoms with van der Waals surface area (Å²) in [5, 5.41) is 5.56. The Morgan fingerprint density at radius 2 is 1.62 bits per heavy atom. The third-order valence-corrected chi connectivity index (χ3v) is 7.53. The molecule has 0 saturated carbocycles. The lowest BCUT2D eigenvalue weighted by atomic mass is 10.1. The highest BCUT2D eigenvalue weighted by Crippen LogP contribution is 2.34. The fraction of sp³-hybridized carbons (Fsp3) is 0.259. The molecule has 3 aromatic carbocycles. The number of nitrogens with zero attached hydrogens (tertiary/aromatic N) is 1. The Bertz CT molecular complexity index is 1360. The van der Waals surface area contributed by atoms with Crippen molar-refractivity contribution in [3.05, 3.63) is 83.9 Å². The van der Waals surface area contributed by atoms with Crippen molar-refractivity contribution in [1.82, 2.24) is 5.32 Å². The number of hydrogen-bond donors (Lipinski definition) is 2. The summed E-state index contributed by atoms with van der Waals surface area (Å²) in [4.78, 5) is 25.8. The molecule has 4 rings (SSSR count). The zero-order chi connectivity index (χ0) is 26.3. The average molecular weight is 524 g/mol. The summed E-state index contributed by atoms with van der Waals surface area (Å²) in [5.41, 5.74) is 1.96. The van der Waals surface area contributed by atoms with Gasteiger partial charge in [0, 0.05) is 12.6 Å². The molecule has 0 spiro atoms. The number of carbonyl (C=O) groups is 2. The Morgan fingerprint density at radius 3 is 2.38 bits per heavy atom. The Morgan fingerprint density at radius 1 is 0.919 bits per heavy atom. The van der Waals surface area contributed by atoms with Crippen LogP contribution in [0.1, 0.15) is 22.8 Å². The first kappa shape index (κ1) is 26.0. The summed E-state index contributed by atoms with van der Waals surface area (Å²) in [6.07, 6.45) is 0.667. The summed E-state index contributed by atoms with van der Waals surface area (Å²) in [5.74, 6) is -0.193. The Hall–Kier alpha value is -4.05. The Balaban J connectivity index is 1.46. The number of hydrogen-bond acceptors (Lipinski definition) is 6. The lowest BCUT2D eigenvalue weighted by Gasteiger charge is -2.26. The van der Waals surface area contributed by atoms with Crippen LogP contribution < -0.4 is 24.4 Å². The molecule has 9 nitrogen and oxygen atoms in total. The van der Waals surface area contributed by atoms with Crippen LogP contribution in [0.4, 0.5) is 11.4 Å². The number of nitrogens with one attached hydrogen (secondary N) is 2. The number of para-hydroxylation sites is 1. The standard InChI is InChI=1S/C27H29N3O6S/c1-2-37(33,34)30(21-12-13-24-25(18-21)36-17-16-35-24)19-26(31)29-23-11-7-6-10-22(23)27(32)28-15-14-20-8-4-3-5-9-20/h3-13,18H,2,14-17,19H2,1H3,(H,28,32)(H,29,31). The minimum absolute atomic E-state index is 0.199. The van der Waals surface area contributed by atoms with Gasteiger partial charge < -0.3 is 20.1 Å². The van der Waals surface area contributed by atoms with E-state index in [9.17, 15) is 18.0 Å². The molecule has 0 radical (unpaired) electrons. The van der Waals surface area contributed by atoms with Gasteiger partial charge in [-0.2, -0.15) is 0 Å². The monoisotopic (exact) mass is 523 g/mol. The minimum Gasteiger partial charge on any atom is -0.486 e. The van der Waals surface area contributed by atoms with Crippen LogP contribution in [0.2, 0.25) is 0 Å². The third-order valence-electron chi connectivity index (χ3n) is 5.79. The lowest BCUT2D eigenvalue weighted by Crippen LogP contribution is -2.39. The number of amides is 2. The van der Waals surface area contributed by atoms with E-state index in [0.29, 0.717) is 43.4 Å². The quantitative estimate of drug-likeness (QED) is 0.422. The van der Waals surface area contributed by atoms with E-state index in [1.807, 2.05) is 30.3 Å². The van der Waals surface area contributed by atoms with E-state index in [0.717, 1.165) is 9.87 Å². The number of fused-ring (bicyclic) bond motifs is 1. The van der Waals surface area contributed by atoms with E-state index in [1.54, 1.807) is 42.5 Å². The summed E-state index contributed by atoms with van der Waals surface area (Å²) in [6, 6.07) is 21.1. The molecule has 37 heavy (non-hydrogen) atoms. The van der Waals surface area contributed by atoms with Crippen LogP contribution in [0.3, 0.4) is 0 Å². The second-order valence-electron chi connectivity index (χ2n) is 8.32. The van der Waals surface area contributed by atoms with Crippen LogP contribution in [0.25, 0.3) is 0 Å². The van der Waals surface area contributed by atoms with E-state index in [1.165, 1.54) is 6.92 Å². The zero-order valence-electron chi connectivity index (χ0n) is 20.5. The fourth-order valence-corrected chi connectivity index (χ4v) is 4.92. The van der Waals surface area contributed by atoms with E-state index in [4.69, 9.17) is 9.47 Å². The largest absolute Gasteiger partial charge is 0.486 e. The van der Waals surface area contributed by atoms with Gasteiger partial charge in [-0.25, -0.2) is 8.42 Å². The molecular weight excluding hydrogens is 494 g/mol. The molecule has 10 heteroatoms. The van der Waals surface area contributed by atoms with Gasteiger partial charge in [0.15, 0.2) is 11.5 Å². The number of carbonyl (C=O) groups excluding carboxylic acids is 2. The fourth-order valence-electron chi connectivity index (χ4n) is 3.86. The lowest BCUT2D eigenvalue weighted by molar-refractivity contribution is -0.114. The van der Waals surface area contributed by atoms with E-state index in [2.05, 4.69) is 10.6 Å². The molecular formula is C27H29N3O6S. The van der Waals surface area contributed by atoms with Crippen LogP contribution >= 0.6 is 0 Å². The first-order valence-corrected chi connectivity index (χ1v) is 13.6. The predicted octanol–water partition coefficient (Wildman–Crippen LogP) is 3.23. The van der Waals surface area contributed by atoms with Crippen LogP contribution in [0.15, 0.2) is 72.8 Å². The number of sulfonamides is 1. The van der Waals surface area contributed by atoms with Crippen molar-refractivity contribution < 1.29 is 27.5 Å². The topological polar surface area (TPSA) is 114 Å². The van der Waals surface area contributed by atoms with E-state index < -0.39 is 22.5 Å². The van der Waals surface area contributed by atoms with E-state index >= 15 is 0 Å². The van der Waals surface area contributed by atoms with Gasteiger partial charge in [-0.05, 0) is 43.2 Å². The number of anilines is 2. The van der Waals surface area contributed by atoms with Crippen molar-refractivity contribution in [2.24, 2.45) is 0 Å². The maximum absolute atomic E-state index is 13.0. The Kier molecular flexibility index (Phi) is 8.29. The smallest absolute Gasteiger partial charge is 0.253 e. The number of benzene rings is 3. The van der Waals surface area contributed by atoms with Gasteiger partial charge >= 0.3 is 0 Å². The van der Waals surface area contributed by atoms with Crippen molar-refractivity contribution in [2.45, 2.75) is 13.3 Å². The van der Waals surface area contributed by atoms with Gasteiger partial charge in [0.05, 0.1) is 22.7 Å². The van der Waals surface area contributed by atoms with Crippen LogP contribution in [-0.2, 0) is 21.2 Å². The zero-order valence-corrected chi connectivity index (χ0v) is 21.3. The predicted molar refractivity (Wildman–Crippen MR) is 142 cm³/mol. The molecule has 0 fully saturated rings. The molecule has 1 aliphatic heterocycles. The van der Waals surface area contributed by atoms with Crippen molar-refractivity contribution in [3.8, 4) is 11.5 Å². The minimum atomic E-state index is -3.80. The summed E-state index contributed by atoms with van der Waals surface area (Å²) < 4.78 is 37.9.